The number of hydrogen-bond donors (Lipinski definition) is 0. The smallest absolute Gasteiger partial charge is 0.343 e. The second kappa shape index (κ2) is 12.9. The molecule has 2 atom stereocenters. The van der Waals surface area contributed by atoms with Crippen LogP contribution in [0.15, 0.2) is 36.4 Å². The molecule has 2 saturated heterocycles. The lowest BCUT2D eigenvalue weighted by Crippen LogP contribution is -2.48. The van der Waals surface area contributed by atoms with E-state index in [-0.39, 0.29) is 42.9 Å². The number of likely N-dealkylation sites (tertiary alicyclic amines) is 2. The fourth-order valence-electron chi connectivity index (χ4n) is 5.81. The van der Waals surface area contributed by atoms with Crippen LogP contribution in [-0.2, 0) is 22.3 Å². The first kappa shape index (κ1) is 31.5. The van der Waals surface area contributed by atoms with Crippen LogP contribution in [0.2, 0.25) is 10.0 Å². The van der Waals surface area contributed by atoms with Gasteiger partial charge in [0.05, 0.1) is 22.2 Å². The van der Waals surface area contributed by atoms with E-state index in [4.69, 9.17) is 23.2 Å². The molecule has 6 nitrogen and oxygen atoms in total. The maximum absolute atomic E-state index is 14.3. The van der Waals surface area contributed by atoms with E-state index in [1.54, 1.807) is 35.9 Å². The van der Waals surface area contributed by atoms with E-state index in [2.05, 4.69) is 4.90 Å². The van der Waals surface area contributed by atoms with Gasteiger partial charge in [0.1, 0.15) is 5.82 Å². The van der Waals surface area contributed by atoms with Gasteiger partial charge in [0, 0.05) is 64.7 Å². The van der Waals surface area contributed by atoms with Gasteiger partial charge < -0.3 is 9.80 Å². The van der Waals surface area contributed by atoms with Crippen molar-refractivity contribution < 1.29 is 27.2 Å². The molecule has 2 aromatic carbocycles. The number of carbonyl (C=O) groups is 2. The maximum atomic E-state index is 14.3. The number of nitrogens with zero attached hydrogens (tertiary/aromatic N) is 4. The molecule has 0 aromatic heterocycles. The molecule has 224 valence electrons. The summed E-state index contributed by atoms with van der Waals surface area (Å²) in [6, 6.07) is 8.26. The largest absolute Gasteiger partial charge is 0.419 e. The number of benzene rings is 2. The Balaban J connectivity index is 1.47. The number of hydrogen-bond acceptors (Lipinski definition) is 4. The van der Waals surface area contributed by atoms with Gasteiger partial charge in [-0.1, -0.05) is 35.3 Å². The fourth-order valence-corrected chi connectivity index (χ4v) is 6.12. The fraction of sp³-hybridized carbons (Fsp3) is 0.517. The molecule has 2 aromatic rings. The summed E-state index contributed by atoms with van der Waals surface area (Å²) in [5.41, 5.74) is -0.0144. The van der Waals surface area contributed by atoms with Crippen LogP contribution in [-0.4, -0.2) is 90.3 Å². The number of carbonyl (C=O) groups excluding carboxylic acids is 2. The van der Waals surface area contributed by atoms with Crippen LogP contribution in [0.4, 0.5) is 17.6 Å². The van der Waals surface area contributed by atoms with Crippen molar-refractivity contribution in [2.75, 3.05) is 46.8 Å². The van der Waals surface area contributed by atoms with Crippen molar-refractivity contribution >= 4 is 35.0 Å². The molecule has 4 rings (SSSR count). The number of piperidine rings is 1. The molecule has 2 amide bonds. The third-order valence-corrected chi connectivity index (χ3v) is 9.05. The van der Waals surface area contributed by atoms with Crippen LogP contribution in [0, 0.1) is 5.82 Å². The number of halogens is 6. The molecule has 0 N–H and O–H groups in total. The summed E-state index contributed by atoms with van der Waals surface area (Å²) in [5.74, 6) is -1.46. The SMILES string of the molecule is CC(=O)N(C)C1CCN(CC(=O)N2CC(c3ccc(Cl)c(Cl)c3)C(N(C)Cc3ccc(C(F)(F)F)c(F)c3)C2)CC1. The second-order valence-corrected chi connectivity index (χ2v) is 11.8. The molecule has 41 heavy (non-hydrogen) atoms. The molecule has 2 heterocycles. The van der Waals surface area contributed by atoms with Crippen LogP contribution in [0.3, 0.4) is 0 Å². The normalized spacial score (nSPS) is 20.6. The summed E-state index contributed by atoms with van der Waals surface area (Å²) in [6.45, 7) is 4.24. The van der Waals surface area contributed by atoms with E-state index in [0.717, 1.165) is 30.5 Å². The third kappa shape index (κ3) is 7.52. The van der Waals surface area contributed by atoms with E-state index in [1.807, 2.05) is 18.0 Å². The lowest BCUT2D eigenvalue weighted by atomic mass is 9.93. The van der Waals surface area contributed by atoms with Crippen LogP contribution in [0.1, 0.15) is 42.4 Å². The van der Waals surface area contributed by atoms with Gasteiger partial charge in [-0.2, -0.15) is 13.2 Å². The zero-order chi connectivity index (χ0) is 30.1. The Bertz CT molecular complexity index is 1270. The van der Waals surface area contributed by atoms with Crippen molar-refractivity contribution in [2.24, 2.45) is 0 Å². The summed E-state index contributed by atoms with van der Waals surface area (Å²) in [6.07, 6.45) is -3.17. The van der Waals surface area contributed by atoms with Crippen LogP contribution < -0.4 is 0 Å². The van der Waals surface area contributed by atoms with Crippen molar-refractivity contribution in [2.45, 2.75) is 50.5 Å². The number of rotatable bonds is 7. The summed E-state index contributed by atoms with van der Waals surface area (Å²) < 4.78 is 53.4. The average Bonchev–Trinajstić information content (AvgIpc) is 3.35. The Hall–Kier alpha value is -2.40. The van der Waals surface area contributed by atoms with E-state index in [9.17, 15) is 27.2 Å². The van der Waals surface area contributed by atoms with Crippen molar-refractivity contribution in [3.8, 4) is 0 Å². The maximum Gasteiger partial charge on any atom is 0.419 e. The molecular weight excluding hydrogens is 583 g/mol. The van der Waals surface area contributed by atoms with Gasteiger partial charge in [-0.05, 0) is 55.3 Å². The molecule has 0 bridgehead atoms. The van der Waals surface area contributed by atoms with Gasteiger partial charge in [0.2, 0.25) is 11.8 Å². The molecule has 2 aliphatic rings. The Morgan fingerprint density at radius 3 is 2.27 bits per heavy atom. The highest BCUT2D eigenvalue weighted by Gasteiger charge is 2.39. The predicted octanol–water partition coefficient (Wildman–Crippen LogP) is 5.52. The highest BCUT2D eigenvalue weighted by atomic mass is 35.5. The first-order chi connectivity index (χ1) is 19.2. The summed E-state index contributed by atoms with van der Waals surface area (Å²) in [5, 5.41) is 0.795. The van der Waals surface area contributed by atoms with Gasteiger partial charge in [0.15, 0.2) is 0 Å². The second-order valence-electron chi connectivity index (χ2n) is 11.0. The van der Waals surface area contributed by atoms with Crippen molar-refractivity contribution in [1.82, 2.24) is 19.6 Å². The lowest BCUT2D eigenvalue weighted by molar-refractivity contribution is -0.140. The summed E-state index contributed by atoms with van der Waals surface area (Å²) >= 11 is 12.4. The zero-order valence-electron chi connectivity index (χ0n) is 23.2. The monoisotopic (exact) mass is 616 g/mol. The van der Waals surface area contributed by atoms with E-state index in [0.29, 0.717) is 41.8 Å². The molecule has 0 saturated carbocycles. The van der Waals surface area contributed by atoms with Crippen molar-refractivity contribution in [3.63, 3.8) is 0 Å². The molecule has 0 radical (unpaired) electrons. The summed E-state index contributed by atoms with van der Waals surface area (Å²) in [7, 11) is 3.62. The molecular formula is C29H34Cl2F4N4O2. The van der Waals surface area contributed by atoms with Crippen LogP contribution in [0.25, 0.3) is 0 Å². The van der Waals surface area contributed by atoms with Crippen LogP contribution >= 0.6 is 23.2 Å². The molecule has 0 spiro atoms. The highest BCUT2D eigenvalue weighted by Crippen LogP contribution is 2.36. The standard InChI is InChI=1S/C29H34Cl2F4N4O2/c1-18(40)37(3)21-8-10-38(11-9-21)17-28(41)39-15-22(20-5-7-24(30)25(31)13-20)27(16-39)36(2)14-19-4-6-23(26(32)12-19)29(33,34)35/h4-7,12-13,21-22,27H,8-11,14-17H2,1-3H3. The third-order valence-electron chi connectivity index (χ3n) is 8.31. The van der Waals surface area contributed by atoms with Crippen molar-refractivity contribution in [3.05, 3.63) is 69.0 Å². The van der Waals surface area contributed by atoms with Gasteiger partial charge >= 0.3 is 6.18 Å². The predicted molar refractivity (Wildman–Crippen MR) is 150 cm³/mol. The van der Waals surface area contributed by atoms with E-state index in [1.165, 1.54) is 6.07 Å². The first-order valence-electron chi connectivity index (χ1n) is 13.5. The minimum absolute atomic E-state index is 0.0232. The Morgan fingerprint density at radius 1 is 1.00 bits per heavy atom. The quantitative estimate of drug-likeness (QED) is 0.384. The number of alkyl halides is 3. The van der Waals surface area contributed by atoms with Gasteiger partial charge in [-0.15, -0.1) is 0 Å². The highest BCUT2D eigenvalue weighted by molar-refractivity contribution is 6.42. The van der Waals surface area contributed by atoms with Gasteiger partial charge in [-0.25, -0.2) is 4.39 Å². The number of likely N-dealkylation sites (N-methyl/N-ethyl adjacent to an activating group) is 1. The molecule has 0 aliphatic carbocycles. The molecule has 12 heteroatoms. The van der Waals surface area contributed by atoms with Gasteiger partial charge in [0.25, 0.3) is 0 Å². The van der Waals surface area contributed by atoms with Crippen LogP contribution in [0.5, 0.6) is 0 Å². The van der Waals surface area contributed by atoms with Crippen molar-refractivity contribution in [1.29, 1.82) is 0 Å². The zero-order valence-corrected chi connectivity index (χ0v) is 24.7. The minimum Gasteiger partial charge on any atom is -0.343 e. The molecule has 2 fully saturated rings. The van der Waals surface area contributed by atoms with E-state index >= 15 is 0 Å². The minimum atomic E-state index is -4.77. The van der Waals surface area contributed by atoms with E-state index < -0.39 is 17.6 Å². The Morgan fingerprint density at radius 2 is 1.68 bits per heavy atom. The Kier molecular flexibility index (Phi) is 9.89. The summed E-state index contributed by atoms with van der Waals surface area (Å²) in [4.78, 5) is 32.7. The average molecular weight is 618 g/mol. The topological polar surface area (TPSA) is 47.1 Å². The Labute approximate surface area is 247 Å². The molecule has 2 unspecified atom stereocenters. The molecule has 2 aliphatic heterocycles. The first-order valence-corrected chi connectivity index (χ1v) is 14.2. The van der Waals surface area contributed by atoms with Gasteiger partial charge in [-0.3, -0.25) is 19.4 Å². The lowest BCUT2D eigenvalue weighted by Gasteiger charge is -2.36. The number of amides is 2.